The molecule has 0 aliphatic heterocycles. The molecular weight excluding hydrogens is 412 g/mol. The molecule has 154 valence electrons. The van der Waals surface area contributed by atoms with Crippen LogP contribution in [0, 0.1) is 17.0 Å². The van der Waals surface area contributed by atoms with Crippen LogP contribution >= 0.6 is 9.24 Å². The summed E-state index contributed by atoms with van der Waals surface area (Å²) in [6.07, 6.45) is 3.56. The summed E-state index contributed by atoms with van der Waals surface area (Å²) in [7, 11) is 1.99. The van der Waals surface area contributed by atoms with Crippen LogP contribution in [0.15, 0.2) is 43.4 Å². The zero-order valence-corrected chi connectivity index (χ0v) is 17.0. The van der Waals surface area contributed by atoms with Gasteiger partial charge >= 0.3 is 0 Å². The van der Waals surface area contributed by atoms with Gasteiger partial charge in [-0.1, -0.05) is 21.4 Å². The number of pyridine rings is 1. The highest BCUT2D eigenvalue weighted by molar-refractivity contribution is 7.16. The van der Waals surface area contributed by atoms with Crippen LogP contribution in [0.4, 0.5) is 36.2 Å². The number of alkyl halides is 1. The highest BCUT2D eigenvalue weighted by Gasteiger charge is 2.15. The average Bonchev–Trinajstić information content (AvgIpc) is 2.70. The van der Waals surface area contributed by atoms with E-state index in [2.05, 4.69) is 32.2 Å². The number of aromatic nitrogens is 3. The Morgan fingerprint density at radius 2 is 1.77 bits per heavy atom. The Morgan fingerprint density at radius 1 is 1.10 bits per heavy atom. The third kappa shape index (κ3) is 4.80. The number of nitrogens with one attached hydrogen (secondary N) is 3. The van der Waals surface area contributed by atoms with Crippen LogP contribution in [-0.2, 0) is 0 Å². The average molecular weight is 430 g/mol. The zero-order valence-electron chi connectivity index (χ0n) is 15.9. The predicted molar refractivity (Wildman–Crippen MR) is 115 cm³/mol. The van der Waals surface area contributed by atoms with Gasteiger partial charge in [-0.05, 0) is 24.6 Å². The first-order valence-electron chi connectivity index (χ1n) is 8.69. The Balaban J connectivity index is 1.93. The van der Waals surface area contributed by atoms with E-state index in [0.29, 0.717) is 16.7 Å². The molecule has 0 radical (unpaired) electrons. The second-order valence-electron chi connectivity index (χ2n) is 6.38. The van der Waals surface area contributed by atoms with Gasteiger partial charge < -0.3 is 16.0 Å². The van der Waals surface area contributed by atoms with Crippen LogP contribution in [0.2, 0.25) is 0 Å². The number of allylic oxidation sites excluding steroid dienone is 1. The number of anilines is 4. The maximum absolute atomic E-state index is 14.5. The summed E-state index contributed by atoms with van der Waals surface area (Å²) >= 11 is 0. The number of halogens is 3. The lowest BCUT2D eigenvalue weighted by Gasteiger charge is -2.14. The van der Waals surface area contributed by atoms with E-state index in [9.17, 15) is 13.2 Å². The Labute approximate surface area is 173 Å². The van der Waals surface area contributed by atoms with Gasteiger partial charge in [0.05, 0.1) is 11.4 Å². The van der Waals surface area contributed by atoms with Gasteiger partial charge in [-0.2, -0.15) is 0 Å². The summed E-state index contributed by atoms with van der Waals surface area (Å²) in [5.74, 6) is -2.40. The molecule has 3 rings (SSSR count). The lowest BCUT2D eigenvalue weighted by Crippen LogP contribution is -2.04. The zero-order chi connectivity index (χ0) is 21.8. The molecule has 0 saturated carbocycles. The van der Waals surface area contributed by atoms with Crippen molar-refractivity contribution in [2.75, 3.05) is 10.6 Å². The van der Waals surface area contributed by atoms with Gasteiger partial charge in [-0.15, -0.1) is 0 Å². The van der Waals surface area contributed by atoms with Crippen LogP contribution in [0.1, 0.15) is 29.7 Å². The van der Waals surface area contributed by atoms with E-state index in [1.165, 1.54) is 36.8 Å². The van der Waals surface area contributed by atoms with Crippen LogP contribution in [0.25, 0.3) is 5.57 Å². The molecule has 0 saturated heterocycles. The molecule has 2 atom stereocenters. The van der Waals surface area contributed by atoms with Crippen LogP contribution in [0.3, 0.4) is 0 Å². The minimum absolute atomic E-state index is 0.161. The number of hydrogen-bond acceptors (Lipinski definition) is 6. The fraction of sp³-hybridized carbons (Fsp3) is 0.100. The first-order valence-corrected chi connectivity index (χ1v) is 9.36. The number of benzene rings is 1. The highest BCUT2D eigenvalue weighted by atomic mass is 31.0. The van der Waals surface area contributed by atoms with Crippen molar-refractivity contribution < 1.29 is 13.2 Å². The lowest BCUT2D eigenvalue weighted by molar-refractivity contribution is 0.459. The van der Waals surface area contributed by atoms with Crippen molar-refractivity contribution in [2.45, 2.75) is 12.8 Å². The molecule has 0 aliphatic rings. The topological polar surface area (TPSA) is 86.6 Å². The molecule has 2 unspecified atom stereocenters. The molecule has 2 aromatic heterocycles. The van der Waals surface area contributed by atoms with E-state index < -0.39 is 17.5 Å². The van der Waals surface area contributed by atoms with E-state index in [1.54, 1.807) is 6.92 Å². The molecule has 1 aromatic carbocycles. The van der Waals surface area contributed by atoms with E-state index in [-0.39, 0.29) is 28.7 Å². The number of rotatable bonds is 7. The quantitative estimate of drug-likeness (QED) is 0.340. The molecule has 2 heterocycles. The maximum atomic E-state index is 14.5. The van der Waals surface area contributed by atoms with Crippen molar-refractivity contribution in [1.29, 1.82) is 5.41 Å². The van der Waals surface area contributed by atoms with Gasteiger partial charge in [0.2, 0.25) is 0 Å². The second-order valence-corrected chi connectivity index (χ2v) is 6.96. The predicted octanol–water partition coefficient (Wildman–Crippen LogP) is 5.51. The molecule has 0 bridgehead atoms. The Hall–Kier alpha value is -3.32. The summed E-state index contributed by atoms with van der Waals surface area (Å²) in [6.45, 7) is 5.33. The largest absolute Gasteiger partial charge is 0.350 e. The van der Waals surface area contributed by atoms with Crippen molar-refractivity contribution >= 4 is 44.0 Å². The molecule has 3 aromatic rings. The standard InChI is InChI=1S/C20H18F3N6P/c1-10(2)11-3-13(21)19(14(22)4-11)28-15-5-17(25-8-12(15)7-24)29-18-6-16(20(23)30)26-9-27-18/h3-9,20,24H,1,30H2,2H3,(H2,25,26,27,28,29). The normalized spacial score (nSPS) is 11.6. The van der Waals surface area contributed by atoms with Crippen LogP contribution in [-0.4, -0.2) is 21.2 Å². The second kappa shape index (κ2) is 9.00. The number of nitrogens with zero attached hydrogens (tertiary/aromatic N) is 3. The van der Waals surface area contributed by atoms with Crippen molar-refractivity contribution in [3.8, 4) is 0 Å². The van der Waals surface area contributed by atoms with Gasteiger partial charge in [0.25, 0.3) is 0 Å². The molecule has 10 heteroatoms. The monoisotopic (exact) mass is 430 g/mol. The van der Waals surface area contributed by atoms with Gasteiger partial charge in [-0.3, -0.25) is 0 Å². The van der Waals surface area contributed by atoms with Gasteiger partial charge in [0.1, 0.15) is 35.3 Å². The smallest absolute Gasteiger partial charge is 0.155 e. The van der Waals surface area contributed by atoms with E-state index >= 15 is 0 Å². The lowest BCUT2D eigenvalue weighted by atomic mass is 10.1. The van der Waals surface area contributed by atoms with E-state index in [1.807, 2.05) is 9.24 Å². The Kier molecular flexibility index (Phi) is 6.42. The Morgan fingerprint density at radius 3 is 2.37 bits per heavy atom. The molecule has 0 amide bonds. The molecule has 0 spiro atoms. The summed E-state index contributed by atoms with van der Waals surface area (Å²) < 4.78 is 42.4. The van der Waals surface area contributed by atoms with E-state index in [4.69, 9.17) is 5.41 Å². The summed E-state index contributed by atoms with van der Waals surface area (Å²) in [5, 5.41) is 13.1. The van der Waals surface area contributed by atoms with Crippen LogP contribution < -0.4 is 10.6 Å². The first kappa shape index (κ1) is 21.4. The fourth-order valence-electron chi connectivity index (χ4n) is 2.55. The summed E-state index contributed by atoms with van der Waals surface area (Å²) in [4.78, 5) is 12.0. The third-order valence-electron chi connectivity index (χ3n) is 4.11. The summed E-state index contributed by atoms with van der Waals surface area (Å²) in [5.41, 5.74) is 1.22. The molecule has 0 aliphatic carbocycles. The molecule has 30 heavy (non-hydrogen) atoms. The molecule has 0 fully saturated rings. The fourth-order valence-corrected chi connectivity index (χ4v) is 2.74. The van der Waals surface area contributed by atoms with Crippen molar-refractivity contribution in [2.24, 2.45) is 0 Å². The third-order valence-corrected chi connectivity index (χ3v) is 4.45. The SMILES string of the molecule is C=C(C)c1cc(F)c(Nc2cc(Nc3cc(C(F)P)ncn3)ncc2C=N)c(F)c1. The van der Waals surface area contributed by atoms with Gasteiger partial charge in [0, 0.05) is 30.1 Å². The molecular formula is C20H18F3N6P. The van der Waals surface area contributed by atoms with Crippen molar-refractivity contribution in [3.63, 3.8) is 0 Å². The first-order chi connectivity index (χ1) is 14.3. The van der Waals surface area contributed by atoms with Crippen LogP contribution in [0.5, 0.6) is 0 Å². The Bertz CT molecular complexity index is 1100. The van der Waals surface area contributed by atoms with Gasteiger partial charge in [-0.25, -0.2) is 28.1 Å². The van der Waals surface area contributed by atoms with Gasteiger partial charge in [0.15, 0.2) is 5.91 Å². The summed E-state index contributed by atoms with van der Waals surface area (Å²) in [6, 6.07) is 5.22. The van der Waals surface area contributed by atoms with Crippen molar-refractivity contribution in [1.82, 2.24) is 15.0 Å². The van der Waals surface area contributed by atoms with Crippen molar-refractivity contribution in [3.05, 3.63) is 71.8 Å². The minimum Gasteiger partial charge on any atom is -0.350 e. The molecule has 3 N–H and O–H groups in total. The minimum atomic E-state index is -1.35. The molecule has 6 nitrogen and oxygen atoms in total. The van der Waals surface area contributed by atoms with E-state index in [0.717, 1.165) is 6.21 Å². The number of hydrogen-bond donors (Lipinski definition) is 3. The highest BCUT2D eigenvalue weighted by Crippen LogP contribution is 2.30. The maximum Gasteiger partial charge on any atom is 0.155 e.